The molecular weight excluding hydrogens is 831 g/mol. The maximum atomic E-state index is 13.8. The molecule has 3 fully saturated rings. The quantitative estimate of drug-likeness (QED) is 0.138. The van der Waals surface area contributed by atoms with Gasteiger partial charge in [-0.25, -0.2) is 8.78 Å². The minimum absolute atomic E-state index is 0.00362. The number of pyridine rings is 1. The number of aliphatic carboxylic acids is 3. The predicted molar refractivity (Wildman–Crippen MR) is 221 cm³/mol. The lowest BCUT2D eigenvalue weighted by Gasteiger charge is -2.33. The first-order valence-electron chi connectivity index (χ1n) is 20.8. The van der Waals surface area contributed by atoms with Gasteiger partial charge in [0.25, 0.3) is 11.8 Å². The van der Waals surface area contributed by atoms with Crippen molar-refractivity contribution in [3.63, 3.8) is 0 Å². The zero-order valence-electron chi connectivity index (χ0n) is 34.8. The SMILES string of the molecule is N#C[C@@H]1CC(F)(F)CN1C(=O)CNC(=O)c1ccnc2ccc(NC(=O)C3CCC(CNC(=O)CN4CCN(CC(=O)O)CCN(CC(=O)O)CCN(CC(=O)O)CC4)CC3)cc12. The number of nitriles is 1. The van der Waals surface area contributed by atoms with Crippen molar-refractivity contribution in [1.29, 1.82) is 5.26 Å². The van der Waals surface area contributed by atoms with Gasteiger partial charge >= 0.3 is 17.9 Å². The van der Waals surface area contributed by atoms with E-state index in [-0.39, 0.29) is 94.7 Å². The Balaban J connectivity index is 1.10. The van der Waals surface area contributed by atoms with Gasteiger partial charge in [0.2, 0.25) is 17.7 Å². The van der Waals surface area contributed by atoms with Gasteiger partial charge in [0.05, 0.1) is 56.4 Å². The highest BCUT2D eigenvalue weighted by Gasteiger charge is 2.47. The fraction of sp³-hybridized carbons (Fsp3) is 0.585. The van der Waals surface area contributed by atoms with Crippen LogP contribution in [0.3, 0.4) is 0 Å². The van der Waals surface area contributed by atoms with E-state index in [1.165, 1.54) is 12.3 Å². The maximum absolute atomic E-state index is 13.8. The molecule has 4 amide bonds. The number of nitrogens with zero attached hydrogens (tertiary/aromatic N) is 7. The summed E-state index contributed by atoms with van der Waals surface area (Å²) in [6.07, 6.45) is 3.10. The van der Waals surface area contributed by atoms with Gasteiger partial charge in [-0.15, -0.1) is 0 Å². The molecule has 0 spiro atoms. The first-order valence-corrected chi connectivity index (χ1v) is 20.8. The van der Waals surface area contributed by atoms with E-state index in [4.69, 9.17) is 0 Å². The van der Waals surface area contributed by atoms with Crippen molar-refractivity contribution in [2.24, 2.45) is 11.8 Å². The molecule has 2 aliphatic heterocycles. The molecule has 342 valence electrons. The van der Waals surface area contributed by atoms with Gasteiger partial charge in [-0.05, 0) is 55.9 Å². The van der Waals surface area contributed by atoms with Crippen LogP contribution in [0.4, 0.5) is 14.5 Å². The zero-order chi connectivity index (χ0) is 45.7. The highest BCUT2D eigenvalue weighted by molar-refractivity contribution is 6.08. The van der Waals surface area contributed by atoms with Crippen LogP contribution in [0.1, 0.15) is 42.5 Å². The van der Waals surface area contributed by atoms with E-state index in [2.05, 4.69) is 20.9 Å². The Bertz CT molecular complexity index is 2010. The Kier molecular flexibility index (Phi) is 17.2. The Morgan fingerprint density at radius 2 is 1.30 bits per heavy atom. The third-order valence-electron chi connectivity index (χ3n) is 11.6. The summed E-state index contributed by atoms with van der Waals surface area (Å²) in [5, 5.41) is 46.3. The van der Waals surface area contributed by atoms with Gasteiger partial charge in [-0.3, -0.25) is 58.1 Å². The van der Waals surface area contributed by atoms with Gasteiger partial charge in [0.1, 0.15) is 6.04 Å². The van der Waals surface area contributed by atoms with Crippen molar-refractivity contribution in [3.8, 4) is 6.07 Å². The van der Waals surface area contributed by atoms with E-state index in [9.17, 15) is 62.9 Å². The molecule has 5 rings (SSSR count). The third-order valence-corrected chi connectivity index (χ3v) is 11.6. The standard InChI is InChI=1S/C41H54F2N10O10/c42-41(43)18-30(19-44)53(26-41)35(55)21-47-40(63)31-7-8-45-33-6-5-29(17-32(31)33)48-39(62)28-3-1-27(2-4-28)20-46-34(54)22-49-9-11-50(23-36(56)57)13-15-52(25-38(60)61)16-14-51(12-10-49)24-37(58)59/h5-8,17,27-28,30H,1-4,9-16,18,20-26H2,(H,46,54)(H,47,63)(H,48,62)(H,56,57)(H,58,59)(H,60,61)/t27?,28?,30-/m0/s1. The average molecular weight is 885 g/mol. The summed E-state index contributed by atoms with van der Waals surface area (Å²) in [5.41, 5.74) is 0.993. The van der Waals surface area contributed by atoms with Gasteiger partial charge in [0.15, 0.2) is 0 Å². The van der Waals surface area contributed by atoms with Crippen LogP contribution < -0.4 is 16.0 Å². The van der Waals surface area contributed by atoms with Crippen molar-refractivity contribution in [3.05, 3.63) is 36.0 Å². The molecule has 0 unspecified atom stereocenters. The molecule has 0 radical (unpaired) electrons. The lowest BCUT2D eigenvalue weighted by atomic mass is 9.81. The molecule has 2 saturated heterocycles. The number of carbonyl (C=O) groups is 7. The Labute approximate surface area is 362 Å². The number of carboxylic acid groups (broad SMARTS) is 3. The number of likely N-dealkylation sites (tertiary alicyclic amines) is 1. The second-order valence-electron chi connectivity index (χ2n) is 16.3. The molecule has 63 heavy (non-hydrogen) atoms. The number of alkyl halides is 2. The molecule has 1 aliphatic carbocycles. The molecule has 1 saturated carbocycles. The van der Waals surface area contributed by atoms with Crippen LogP contribution in [-0.2, 0) is 28.8 Å². The summed E-state index contributed by atoms with van der Waals surface area (Å²) in [4.78, 5) is 98.9. The Morgan fingerprint density at radius 1 is 0.762 bits per heavy atom. The van der Waals surface area contributed by atoms with Crippen LogP contribution in [0, 0.1) is 23.2 Å². The summed E-state index contributed by atoms with van der Waals surface area (Å²) in [7, 11) is 0. The number of hydrogen-bond donors (Lipinski definition) is 6. The smallest absolute Gasteiger partial charge is 0.317 e. The van der Waals surface area contributed by atoms with E-state index >= 15 is 0 Å². The highest BCUT2D eigenvalue weighted by Crippen LogP contribution is 2.32. The molecule has 1 aromatic carbocycles. The van der Waals surface area contributed by atoms with Crippen LogP contribution in [0.15, 0.2) is 30.5 Å². The Morgan fingerprint density at radius 3 is 1.83 bits per heavy atom. The number of carboxylic acids is 3. The summed E-state index contributed by atoms with van der Waals surface area (Å²) < 4.78 is 27.7. The van der Waals surface area contributed by atoms with Gasteiger partial charge in [-0.1, -0.05) is 0 Å². The second kappa shape index (κ2) is 22.5. The van der Waals surface area contributed by atoms with Crippen molar-refractivity contribution in [2.75, 3.05) is 103 Å². The van der Waals surface area contributed by atoms with Crippen LogP contribution in [0.25, 0.3) is 10.9 Å². The van der Waals surface area contributed by atoms with Crippen LogP contribution >= 0.6 is 0 Å². The second-order valence-corrected chi connectivity index (χ2v) is 16.3. The number of halogens is 2. The van der Waals surface area contributed by atoms with Crippen molar-refractivity contribution in [2.45, 2.75) is 44.1 Å². The van der Waals surface area contributed by atoms with Crippen molar-refractivity contribution < 1.29 is 57.7 Å². The minimum atomic E-state index is -3.19. The van der Waals surface area contributed by atoms with Gasteiger partial charge in [0, 0.05) is 88.5 Å². The summed E-state index contributed by atoms with van der Waals surface area (Å²) in [6.45, 7) is 0.364. The van der Waals surface area contributed by atoms with Gasteiger partial charge in [-0.2, -0.15) is 5.26 Å². The number of fused-ring (bicyclic) bond motifs is 1. The zero-order valence-corrected chi connectivity index (χ0v) is 34.8. The molecule has 1 atom stereocenters. The normalized spacial score (nSPS) is 21.9. The number of anilines is 1. The lowest BCUT2D eigenvalue weighted by molar-refractivity contribution is -0.140. The molecule has 3 aliphatic rings. The van der Waals surface area contributed by atoms with E-state index < -0.39 is 61.2 Å². The third kappa shape index (κ3) is 14.9. The number of amides is 4. The first kappa shape index (κ1) is 48.1. The van der Waals surface area contributed by atoms with E-state index in [1.807, 2.05) is 4.90 Å². The largest absolute Gasteiger partial charge is 0.480 e. The van der Waals surface area contributed by atoms with E-state index in [1.54, 1.807) is 39.0 Å². The van der Waals surface area contributed by atoms with Crippen molar-refractivity contribution >= 4 is 58.1 Å². The highest BCUT2D eigenvalue weighted by atomic mass is 19.3. The number of nitrogens with one attached hydrogen (secondary N) is 3. The minimum Gasteiger partial charge on any atom is -0.480 e. The Hall–Kier alpha value is -5.89. The molecule has 0 bridgehead atoms. The fourth-order valence-electron chi connectivity index (χ4n) is 8.14. The number of rotatable bonds is 15. The summed E-state index contributed by atoms with van der Waals surface area (Å²) in [6, 6.07) is 6.71. The van der Waals surface area contributed by atoms with Crippen LogP contribution in [0.5, 0.6) is 0 Å². The molecule has 2 aromatic rings. The number of carbonyl (C=O) groups excluding carboxylic acids is 4. The molecule has 20 nitrogen and oxygen atoms in total. The van der Waals surface area contributed by atoms with Gasteiger partial charge < -0.3 is 36.2 Å². The van der Waals surface area contributed by atoms with Crippen LogP contribution in [0.2, 0.25) is 0 Å². The molecule has 6 N–H and O–H groups in total. The number of benzene rings is 1. The molecular formula is C41H54F2N10O10. The lowest BCUT2D eigenvalue weighted by Crippen LogP contribution is -2.50. The first-order chi connectivity index (χ1) is 30.0. The van der Waals surface area contributed by atoms with Crippen LogP contribution in [-0.4, -0.2) is 196 Å². The molecule has 1 aromatic heterocycles. The summed E-state index contributed by atoms with van der Waals surface area (Å²) >= 11 is 0. The predicted octanol–water partition coefficient (Wildman–Crippen LogP) is 0.0609. The number of aromatic nitrogens is 1. The van der Waals surface area contributed by atoms with E-state index in [0.717, 1.165) is 4.90 Å². The summed E-state index contributed by atoms with van der Waals surface area (Å²) in [5.74, 6) is -8.47. The topological polar surface area (TPSA) is 269 Å². The average Bonchev–Trinajstić information content (AvgIpc) is 3.56. The molecule has 22 heteroatoms. The molecule has 3 heterocycles. The van der Waals surface area contributed by atoms with E-state index in [0.29, 0.717) is 61.9 Å². The monoisotopic (exact) mass is 884 g/mol. The number of hydrogen-bond acceptors (Lipinski definition) is 13. The van der Waals surface area contributed by atoms with Crippen molar-refractivity contribution in [1.82, 2.24) is 40.1 Å². The fourth-order valence-corrected chi connectivity index (χ4v) is 8.14. The maximum Gasteiger partial charge on any atom is 0.317 e.